The number of hydrogen-bond acceptors (Lipinski definition) is 6. The highest BCUT2D eigenvalue weighted by Crippen LogP contribution is 2.34. The summed E-state index contributed by atoms with van der Waals surface area (Å²) in [5, 5.41) is 29.8. The molecule has 0 radical (unpaired) electrons. The highest BCUT2D eigenvalue weighted by atomic mass is 19.1. The molecule has 1 atom stereocenters. The molecule has 0 saturated heterocycles. The predicted molar refractivity (Wildman–Crippen MR) is 139 cm³/mol. The van der Waals surface area contributed by atoms with Crippen molar-refractivity contribution in [1.29, 1.82) is 0 Å². The summed E-state index contributed by atoms with van der Waals surface area (Å²) in [6, 6.07) is 4.20. The number of carboxylic acid groups (broad SMARTS) is 2. The molecule has 12 heteroatoms. The lowest BCUT2D eigenvalue weighted by Crippen LogP contribution is -2.35. The predicted octanol–water partition coefficient (Wildman–Crippen LogP) is 2.24. The molecule has 0 bridgehead atoms. The summed E-state index contributed by atoms with van der Waals surface area (Å²) in [7, 11) is 0. The Bertz CT molecular complexity index is 1230. The van der Waals surface area contributed by atoms with Gasteiger partial charge < -0.3 is 35.8 Å². The van der Waals surface area contributed by atoms with Crippen LogP contribution in [0.5, 0.6) is 0 Å². The van der Waals surface area contributed by atoms with Crippen LogP contribution in [0.2, 0.25) is 0 Å². The number of aromatic amines is 1. The summed E-state index contributed by atoms with van der Waals surface area (Å²) < 4.78 is 13.7. The van der Waals surface area contributed by atoms with Gasteiger partial charge in [0, 0.05) is 35.7 Å². The third-order valence-corrected chi connectivity index (χ3v) is 6.02. The highest BCUT2D eigenvalue weighted by Gasteiger charge is 2.26. The van der Waals surface area contributed by atoms with Crippen molar-refractivity contribution in [3.05, 3.63) is 52.1 Å². The van der Waals surface area contributed by atoms with Gasteiger partial charge in [0.2, 0.25) is 0 Å². The van der Waals surface area contributed by atoms with Crippen molar-refractivity contribution in [3.63, 3.8) is 0 Å². The number of aryl methyl sites for hydroxylation is 1. The molecule has 2 amide bonds. The number of aliphatic carboxylic acids is 2. The van der Waals surface area contributed by atoms with Crippen molar-refractivity contribution < 1.29 is 38.9 Å². The number of aliphatic hydroxyl groups excluding tert-OH is 1. The van der Waals surface area contributed by atoms with E-state index in [4.69, 9.17) is 15.3 Å². The number of carbonyl (C=O) groups is 4. The Morgan fingerprint density at radius 3 is 2.37 bits per heavy atom. The van der Waals surface area contributed by atoms with E-state index in [0.717, 1.165) is 30.9 Å². The van der Waals surface area contributed by atoms with E-state index in [1.54, 1.807) is 12.1 Å². The molecular formula is C26H33FN4O7. The topological polar surface area (TPSA) is 172 Å². The first-order valence-electron chi connectivity index (χ1n) is 12.0. The van der Waals surface area contributed by atoms with Gasteiger partial charge in [-0.2, -0.15) is 0 Å². The van der Waals surface area contributed by atoms with Crippen LogP contribution in [0, 0.1) is 19.7 Å². The Morgan fingerprint density at radius 2 is 1.82 bits per heavy atom. The average molecular weight is 533 g/mol. The number of aliphatic hydroxyl groups is 1. The number of benzene rings is 1. The first-order valence-corrected chi connectivity index (χ1v) is 12.0. The van der Waals surface area contributed by atoms with Crippen molar-refractivity contribution in [2.45, 2.75) is 40.2 Å². The quantitative estimate of drug-likeness (QED) is 0.253. The van der Waals surface area contributed by atoms with Crippen molar-refractivity contribution in [3.8, 4) is 0 Å². The average Bonchev–Trinajstić information content (AvgIpc) is 3.31. The fourth-order valence-corrected chi connectivity index (χ4v) is 3.92. The fraction of sp³-hybridized carbons (Fsp3) is 0.385. The number of fused-ring (bicyclic) bond motifs is 1. The zero-order chi connectivity index (χ0) is 28.6. The van der Waals surface area contributed by atoms with Gasteiger partial charge in [-0.1, -0.05) is 13.8 Å². The van der Waals surface area contributed by atoms with Gasteiger partial charge in [0.15, 0.2) is 6.10 Å². The van der Waals surface area contributed by atoms with Crippen LogP contribution in [0.1, 0.15) is 53.1 Å². The number of H-pyrrole nitrogens is 1. The number of anilines is 1. The maximum absolute atomic E-state index is 13.7. The molecule has 6 N–H and O–H groups in total. The number of nitrogens with one attached hydrogen (secondary N) is 3. The van der Waals surface area contributed by atoms with Crippen LogP contribution in [-0.2, 0) is 14.4 Å². The molecule has 11 nitrogen and oxygen atoms in total. The van der Waals surface area contributed by atoms with Gasteiger partial charge in [-0.3, -0.25) is 14.4 Å². The van der Waals surface area contributed by atoms with Gasteiger partial charge in [0.25, 0.3) is 11.8 Å². The first-order chi connectivity index (χ1) is 17.9. The van der Waals surface area contributed by atoms with E-state index < -0.39 is 30.3 Å². The van der Waals surface area contributed by atoms with E-state index in [2.05, 4.69) is 34.4 Å². The summed E-state index contributed by atoms with van der Waals surface area (Å²) >= 11 is 0. The number of carboxylic acids is 2. The molecule has 206 valence electrons. The Kier molecular flexibility index (Phi) is 10.7. The van der Waals surface area contributed by atoms with Gasteiger partial charge in [-0.05, 0) is 56.8 Å². The molecule has 1 aromatic heterocycles. The van der Waals surface area contributed by atoms with E-state index in [1.165, 1.54) is 12.1 Å². The Hall–Kier alpha value is -4.03. The SMILES string of the molecule is CCN(CC)CCNC(=O)c1c(C)[nH]c(/C=C2\C(=O)Nc3ccc(F)cc32)c1C.O=C(O)C[C@H](O)C(=O)O. The molecule has 1 aliphatic rings. The zero-order valence-electron chi connectivity index (χ0n) is 21.7. The van der Waals surface area contributed by atoms with E-state index in [9.17, 15) is 23.6 Å². The summed E-state index contributed by atoms with van der Waals surface area (Å²) in [6.07, 6.45) is -0.868. The van der Waals surface area contributed by atoms with Crippen LogP contribution in [0.3, 0.4) is 0 Å². The van der Waals surface area contributed by atoms with Crippen molar-refractivity contribution in [2.24, 2.45) is 0 Å². The van der Waals surface area contributed by atoms with E-state index >= 15 is 0 Å². The molecule has 0 spiro atoms. The molecule has 0 unspecified atom stereocenters. The number of hydrogen-bond donors (Lipinski definition) is 6. The number of carbonyl (C=O) groups excluding carboxylic acids is 2. The van der Waals surface area contributed by atoms with Crippen molar-refractivity contribution in [1.82, 2.24) is 15.2 Å². The number of nitrogens with zero attached hydrogens (tertiary/aromatic N) is 1. The van der Waals surface area contributed by atoms with Crippen molar-refractivity contribution >= 4 is 41.1 Å². The van der Waals surface area contributed by atoms with Gasteiger partial charge in [0.05, 0.1) is 17.6 Å². The monoisotopic (exact) mass is 532 g/mol. The summed E-state index contributed by atoms with van der Waals surface area (Å²) in [6.45, 7) is 11.1. The molecule has 0 aliphatic carbocycles. The van der Waals surface area contributed by atoms with Crippen LogP contribution >= 0.6 is 0 Å². The third-order valence-electron chi connectivity index (χ3n) is 6.02. The smallest absolute Gasteiger partial charge is 0.333 e. The van der Waals surface area contributed by atoms with Crippen LogP contribution in [-0.4, -0.2) is 81.2 Å². The van der Waals surface area contributed by atoms with Gasteiger partial charge in [-0.25, -0.2) is 9.18 Å². The molecule has 1 aliphatic heterocycles. The minimum absolute atomic E-state index is 0.143. The molecule has 2 aromatic rings. The minimum atomic E-state index is -1.79. The van der Waals surface area contributed by atoms with Gasteiger partial charge >= 0.3 is 11.9 Å². The molecule has 0 fully saturated rings. The maximum atomic E-state index is 13.7. The maximum Gasteiger partial charge on any atom is 0.333 e. The zero-order valence-corrected chi connectivity index (χ0v) is 21.7. The van der Waals surface area contributed by atoms with Crippen LogP contribution in [0.15, 0.2) is 18.2 Å². The fourth-order valence-electron chi connectivity index (χ4n) is 3.92. The number of aromatic nitrogens is 1. The lowest BCUT2D eigenvalue weighted by Gasteiger charge is -2.18. The number of rotatable bonds is 10. The lowest BCUT2D eigenvalue weighted by molar-refractivity contribution is -0.152. The van der Waals surface area contributed by atoms with Crippen LogP contribution in [0.4, 0.5) is 10.1 Å². The Balaban J connectivity index is 0.000000484. The molecule has 1 aromatic carbocycles. The number of halogens is 1. The standard InChI is InChI=1S/C22H27FN4O2.C4H6O5/c1-5-27(6-2)10-9-24-22(29)20-13(3)19(25-14(20)4)12-17-16-11-15(23)7-8-18(16)26-21(17)28;5-2(4(8)9)1-3(6)7/h7-8,11-12,25H,5-6,9-10H2,1-4H3,(H,24,29)(H,26,28);2,5H,1H2,(H,6,7)(H,8,9)/b17-12-;/t;2-/m.0/s1. The summed E-state index contributed by atoms with van der Waals surface area (Å²) in [5.74, 6) is -3.68. The van der Waals surface area contributed by atoms with E-state index in [0.29, 0.717) is 34.6 Å². The Morgan fingerprint density at radius 1 is 1.16 bits per heavy atom. The summed E-state index contributed by atoms with van der Waals surface area (Å²) in [5.41, 5.74) is 4.20. The lowest BCUT2D eigenvalue weighted by atomic mass is 10.0. The van der Waals surface area contributed by atoms with E-state index in [1.807, 2.05) is 13.8 Å². The molecular weight excluding hydrogens is 499 g/mol. The molecule has 38 heavy (non-hydrogen) atoms. The van der Waals surface area contributed by atoms with Crippen LogP contribution < -0.4 is 10.6 Å². The largest absolute Gasteiger partial charge is 0.481 e. The highest BCUT2D eigenvalue weighted by molar-refractivity contribution is 6.34. The molecule has 0 saturated carbocycles. The van der Waals surface area contributed by atoms with E-state index in [-0.39, 0.29) is 11.8 Å². The van der Waals surface area contributed by atoms with Gasteiger partial charge in [0.1, 0.15) is 5.82 Å². The second-order valence-corrected chi connectivity index (χ2v) is 8.60. The van der Waals surface area contributed by atoms with Crippen molar-refractivity contribution in [2.75, 3.05) is 31.5 Å². The number of likely N-dealkylation sites (N-methyl/N-ethyl adjacent to an activating group) is 1. The third kappa shape index (κ3) is 7.73. The minimum Gasteiger partial charge on any atom is -0.481 e. The summed E-state index contributed by atoms with van der Waals surface area (Å²) in [4.78, 5) is 49.9. The second kappa shape index (κ2) is 13.5. The molecule has 3 rings (SSSR count). The second-order valence-electron chi connectivity index (χ2n) is 8.60. The Labute approximate surface area is 219 Å². The van der Waals surface area contributed by atoms with Gasteiger partial charge in [-0.15, -0.1) is 0 Å². The normalized spacial score (nSPS) is 14.0. The number of amides is 2. The molecule has 2 heterocycles. The first kappa shape index (κ1) is 30.2. The van der Waals surface area contributed by atoms with Crippen LogP contribution in [0.25, 0.3) is 11.6 Å².